The van der Waals surface area contributed by atoms with Gasteiger partial charge in [-0.2, -0.15) is 0 Å². The van der Waals surface area contributed by atoms with E-state index in [0.717, 1.165) is 12.2 Å². The number of carbonyl (C=O) groups excluding carboxylic acids is 1. The zero-order valence-electron chi connectivity index (χ0n) is 8.77. The summed E-state index contributed by atoms with van der Waals surface area (Å²) in [6, 6.07) is 7.44. The van der Waals surface area contributed by atoms with Crippen molar-refractivity contribution in [1.29, 1.82) is 0 Å². The van der Waals surface area contributed by atoms with Crippen molar-refractivity contribution in [3.8, 4) is 5.75 Å². The lowest BCUT2D eigenvalue weighted by atomic mass is 9.99. The zero-order chi connectivity index (χ0) is 10.7. The predicted molar refractivity (Wildman–Crippen MR) is 59.2 cm³/mol. The fraction of sp³-hybridized carbons (Fsp3) is 0.308. The number of rotatable bonds is 2. The smallest absolute Gasteiger partial charge is 0.170 e. The largest absolute Gasteiger partial charge is 0.489 e. The molecule has 0 saturated heterocycles. The Morgan fingerprint density at radius 1 is 1.47 bits per heavy atom. The van der Waals surface area contributed by atoms with Gasteiger partial charge in [0.25, 0.3) is 0 Å². The van der Waals surface area contributed by atoms with Crippen LogP contribution >= 0.6 is 0 Å². The summed E-state index contributed by atoms with van der Waals surface area (Å²) < 4.78 is 5.73. The number of benzene rings is 1. The summed E-state index contributed by atoms with van der Waals surface area (Å²) in [6.45, 7) is 1.97. The second kappa shape index (κ2) is 4.30. The number of allylic oxidation sites excluding steroid dienone is 1. The first kappa shape index (κ1) is 9.97. The van der Waals surface area contributed by atoms with Gasteiger partial charge in [-0.25, -0.2) is 0 Å². The van der Waals surface area contributed by atoms with E-state index in [1.807, 2.05) is 43.3 Å². The molecule has 2 heteroatoms. The molecular weight excluding hydrogens is 188 g/mol. The second-order valence-electron chi connectivity index (χ2n) is 3.67. The predicted octanol–water partition coefficient (Wildman–Crippen LogP) is 2.99. The highest BCUT2D eigenvalue weighted by atomic mass is 16.5. The van der Waals surface area contributed by atoms with Crippen LogP contribution < -0.4 is 4.74 Å². The van der Waals surface area contributed by atoms with Crippen molar-refractivity contribution in [2.75, 3.05) is 0 Å². The molecule has 15 heavy (non-hydrogen) atoms. The molecule has 0 bridgehead atoms. The van der Waals surface area contributed by atoms with E-state index in [1.54, 1.807) is 0 Å². The van der Waals surface area contributed by atoms with E-state index >= 15 is 0 Å². The number of hydrogen-bond acceptors (Lipinski definition) is 2. The van der Waals surface area contributed by atoms with Gasteiger partial charge in [-0.1, -0.05) is 24.3 Å². The SMILES string of the molecule is CC=CCC1CC(=O)c2ccccc2O1. The van der Waals surface area contributed by atoms with Crippen LogP contribution in [0.2, 0.25) is 0 Å². The maximum atomic E-state index is 11.8. The molecule has 1 aliphatic heterocycles. The molecule has 0 radical (unpaired) electrons. The van der Waals surface area contributed by atoms with Crippen LogP contribution in [0.3, 0.4) is 0 Å². The average Bonchev–Trinajstić information content (AvgIpc) is 2.26. The highest BCUT2D eigenvalue weighted by Gasteiger charge is 2.24. The van der Waals surface area contributed by atoms with Gasteiger partial charge in [-0.3, -0.25) is 4.79 Å². The Morgan fingerprint density at radius 3 is 3.07 bits per heavy atom. The molecule has 1 aromatic carbocycles. The Morgan fingerprint density at radius 2 is 2.27 bits per heavy atom. The molecule has 0 aliphatic carbocycles. The van der Waals surface area contributed by atoms with Crippen LogP contribution in [0.15, 0.2) is 36.4 Å². The van der Waals surface area contributed by atoms with E-state index in [1.165, 1.54) is 0 Å². The van der Waals surface area contributed by atoms with Gasteiger partial charge in [-0.15, -0.1) is 0 Å². The van der Waals surface area contributed by atoms with Gasteiger partial charge in [0, 0.05) is 12.8 Å². The van der Waals surface area contributed by atoms with Gasteiger partial charge in [0.15, 0.2) is 5.78 Å². The fourth-order valence-electron chi connectivity index (χ4n) is 1.76. The number of ether oxygens (including phenoxy) is 1. The molecule has 0 N–H and O–H groups in total. The van der Waals surface area contributed by atoms with E-state index in [2.05, 4.69) is 0 Å². The zero-order valence-corrected chi connectivity index (χ0v) is 8.77. The summed E-state index contributed by atoms with van der Waals surface area (Å²) in [5.74, 6) is 0.912. The highest BCUT2D eigenvalue weighted by molar-refractivity contribution is 5.99. The highest BCUT2D eigenvalue weighted by Crippen LogP contribution is 2.28. The maximum absolute atomic E-state index is 11.8. The Balaban J connectivity index is 2.19. The average molecular weight is 202 g/mol. The van der Waals surface area contributed by atoms with E-state index < -0.39 is 0 Å². The molecule has 0 spiro atoms. The molecule has 0 fully saturated rings. The van der Waals surface area contributed by atoms with Crippen LogP contribution in [0, 0.1) is 0 Å². The third-order valence-electron chi connectivity index (χ3n) is 2.53. The molecule has 1 atom stereocenters. The third-order valence-corrected chi connectivity index (χ3v) is 2.53. The summed E-state index contributed by atoms with van der Waals surface area (Å²) in [6.07, 6.45) is 5.31. The van der Waals surface area contributed by atoms with E-state index in [0.29, 0.717) is 12.0 Å². The molecule has 0 saturated carbocycles. The van der Waals surface area contributed by atoms with Crippen molar-refractivity contribution in [3.63, 3.8) is 0 Å². The Bertz CT molecular complexity index is 393. The van der Waals surface area contributed by atoms with Crippen LogP contribution in [0.25, 0.3) is 0 Å². The molecule has 78 valence electrons. The number of hydrogen-bond donors (Lipinski definition) is 0. The molecule has 0 amide bonds. The maximum Gasteiger partial charge on any atom is 0.170 e. The number of Topliss-reactive ketones (excluding diaryl/α,β-unsaturated/α-hetero) is 1. The van der Waals surface area contributed by atoms with Crippen LogP contribution in [-0.2, 0) is 0 Å². The lowest BCUT2D eigenvalue weighted by Crippen LogP contribution is -2.26. The van der Waals surface area contributed by atoms with Gasteiger partial charge in [0.1, 0.15) is 11.9 Å². The minimum atomic E-state index is 0.00333. The fourth-order valence-corrected chi connectivity index (χ4v) is 1.76. The standard InChI is InChI=1S/C13H14O2/c1-2-3-6-10-9-12(14)11-7-4-5-8-13(11)15-10/h2-5,7-8,10H,6,9H2,1H3. The first-order valence-electron chi connectivity index (χ1n) is 5.21. The van der Waals surface area contributed by atoms with Gasteiger partial charge in [0.2, 0.25) is 0 Å². The van der Waals surface area contributed by atoms with Crippen molar-refractivity contribution >= 4 is 5.78 Å². The lowest BCUT2D eigenvalue weighted by Gasteiger charge is -2.24. The number of fused-ring (bicyclic) bond motifs is 1. The van der Waals surface area contributed by atoms with E-state index in [9.17, 15) is 4.79 Å². The monoisotopic (exact) mass is 202 g/mol. The lowest BCUT2D eigenvalue weighted by molar-refractivity contribution is 0.0854. The molecule has 1 aliphatic rings. The Kier molecular flexibility index (Phi) is 2.86. The van der Waals surface area contributed by atoms with Gasteiger partial charge in [0.05, 0.1) is 5.56 Å². The van der Waals surface area contributed by atoms with E-state index in [-0.39, 0.29) is 11.9 Å². The van der Waals surface area contributed by atoms with Crippen LogP contribution in [0.1, 0.15) is 30.1 Å². The van der Waals surface area contributed by atoms with Gasteiger partial charge in [-0.05, 0) is 19.1 Å². The summed E-state index contributed by atoms with van der Waals surface area (Å²) in [5, 5.41) is 0. The van der Waals surface area contributed by atoms with Crippen molar-refractivity contribution in [2.45, 2.75) is 25.9 Å². The van der Waals surface area contributed by atoms with Crippen LogP contribution in [0.5, 0.6) is 5.75 Å². The molecule has 0 aromatic heterocycles. The van der Waals surface area contributed by atoms with Crippen LogP contribution in [0.4, 0.5) is 0 Å². The molecular formula is C13H14O2. The van der Waals surface area contributed by atoms with Crippen molar-refractivity contribution in [2.24, 2.45) is 0 Å². The minimum Gasteiger partial charge on any atom is -0.489 e. The summed E-state index contributed by atoms with van der Waals surface area (Å²) in [4.78, 5) is 11.8. The third kappa shape index (κ3) is 2.09. The van der Waals surface area contributed by atoms with Crippen LogP contribution in [-0.4, -0.2) is 11.9 Å². The molecule has 1 unspecified atom stereocenters. The molecule has 2 nitrogen and oxygen atoms in total. The van der Waals surface area contributed by atoms with Crippen molar-refractivity contribution in [1.82, 2.24) is 0 Å². The van der Waals surface area contributed by atoms with Gasteiger partial charge < -0.3 is 4.74 Å². The number of para-hydroxylation sites is 1. The van der Waals surface area contributed by atoms with Gasteiger partial charge >= 0.3 is 0 Å². The number of ketones is 1. The molecule has 2 rings (SSSR count). The normalized spacial score (nSPS) is 20.1. The first-order chi connectivity index (χ1) is 7.31. The minimum absolute atomic E-state index is 0.00333. The molecule has 1 heterocycles. The summed E-state index contributed by atoms with van der Waals surface area (Å²) >= 11 is 0. The Hall–Kier alpha value is -1.57. The van der Waals surface area contributed by atoms with Crippen molar-refractivity contribution < 1.29 is 9.53 Å². The first-order valence-corrected chi connectivity index (χ1v) is 5.21. The summed E-state index contributed by atoms with van der Waals surface area (Å²) in [5.41, 5.74) is 0.717. The quantitative estimate of drug-likeness (QED) is 0.689. The summed E-state index contributed by atoms with van der Waals surface area (Å²) in [7, 11) is 0. The number of carbonyl (C=O) groups is 1. The molecule has 1 aromatic rings. The van der Waals surface area contributed by atoms with E-state index in [4.69, 9.17) is 4.74 Å². The second-order valence-corrected chi connectivity index (χ2v) is 3.67. The topological polar surface area (TPSA) is 26.3 Å². The van der Waals surface area contributed by atoms with Crippen molar-refractivity contribution in [3.05, 3.63) is 42.0 Å². The Labute approximate surface area is 89.6 Å².